The molecule has 0 amide bonds. The lowest BCUT2D eigenvalue weighted by Gasteiger charge is -2.12. The van der Waals surface area contributed by atoms with Crippen LogP contribution in [-0.2, 0) is 13.2 Å². The quantitative estimate of drug-likeness (QED) is 0.280. The molecule has 1 aromatic heterocycles. The predicted molar refractivity (Wildman–Crippen MR) is 133 cm³/mol. The largest absolute Gasteiger partial charge is 0.488 e. The number of halogens is 2. The van der Waals surface area contributed by atoms with Crippen molar-refractivity contribution in [2.24, 2.45) is 0 Å². The number of fused-ring (bicyclic) bond motifs is 2. The molecule has 33 heavy (non-hydrogen) atoms. The molecule has 0 unspecified atom stereocenters. The number of carbonyl (C=O) groups excluding carboxylic acids is 1. The number of allylic oxidation sites excluding steroid dienone is 1. The van der Waals surface area contributed by atoms with Gasteiger partial charge in [0.1, 0.15) is 18.1 Å². The van der Waals surface area contributed by atoms with Gasteiger partial charge in [0.25, 0.3) is 0 Å². The Morgan fingerprint density at radius 2 is 1.91 bits per heavy atom. The highest BCUT2D eigenvalue weighted by Gasteiger charge is 2.30. The number of hydrogen-bond acceptors (Lipinski definition) is 3. The van der Waals surface area contributed by atoms with Gasteiger partial charge in [-0.15, -0.1) is 0 Å². The van der Waals surface area contributed by atoms with E-state index in [2.05, 4.69) is 29.8 Å². The standard InChI is InChI=1S/C27H21Cl2NO3/c1-3-30-14-18(20-6-4-5-7-23(20)30)12-25-26(31)21-10-11-24(16(2)27(21)33-25)32-15-17-8-9-19(28)13-22(17)29/h4-14H,3,15H2,1-2H3/b25-12+. The van der Waals surface area contributed by atoms with Gasteiger partial charge in [-0.2, -0.15) is 0 Å². The summed E-state index contributed by atoms with van der Waals surface area (Å²) in [6, 6.07) is 17.0. The maximum atomic E-state index is 13.1. The minimum absolute atomic E-state index is 0.131. The Morgan fingerprint density at radius 3 is 2.70 bits per heavy atom. The van der Waals surface area contributed by atoms with E-state index in [1.165, 1.54) is 0 Å². The molecule has 1 aliphatic heterocycles. The van der Waals surface area contributed by atoms with E-state index in [4.69, 9.17) is 32.7 Å². The second-order valence-electron chi connectivity index (χ2n) is 7.92. The number of para-hydroxylation sites is 1. The minimum Gasteiger partial charge on any atom is -0.488 e. The summed E-state index contributed by atoms with van der Waals surface area (Å²) in [5.41, 5.74) is 4.21. The molecule has 166 valence electrons. The zero-order valence-corrected chi connectivity index (χ0v) is 19.7. The molecule has 0 fully saturated rings. The molecule has 0 saturated heterocycles. The van der Waals surface area contributed by atoms with Crippen LogP contribution in [0.3, 0.4) is 0 Å². The molecule has 0 bridgehead atoms. The van der Waals surface area contributed by atoms with Crippen molar-refractivity contribution in [3.63, 3.8) is 0 Å². The predicted octanol–water partition coefficient (Wildman–Crippen LogP) is 7.47. The number of rotatable bonds is 5. The number of carbonyl (C=O) groups is 1. The van der Waals surface area contributed by atoms with Gasteiger partial charge in [0.2, 0.25) is 5.78 Å². The Bertz CT molecular complexity index is 1440. The average molecular weight is 478 g/mol. The number of nitrogens with zero attached hydrogens (tertiary/aromatic N) is 1. The molecule has 0 radical (unpaired) electrons. The fourth-order valence-electron chi connectivity index (χ4n) is 4.11. The third kappa shape index (κ3) is 3.90. The summed E-state index contributed by atoms with van der Waals surface area (Å²) < 4.78 is 14.2. The van der Waals surface area contributed by atoms with Gasteiger partial charge < -0.3 is 14.0 Å². The first-order valence-electron chi connectivity index (χ1n) is 10.7. The van der Waals surface area contributed by atoms with Crippen molar-refractivity contribution >= 4 is 46.0 Å². The van der Waals surface area contributed by atoms with Crippen LogP contribution in [0.15, 0.2) is 66.6 Å². The molecule has 2 heterocycles. The van der Waals surface area contributed by atoms with Crippen molar-refractivity contribution in [3.05, 3.63) is 98.9 Å². The number of ketones is 1. The van der Waals surface area contributed by atoms with Crippen LogP contribution in [-0.4, -0.2) is 10.4 Å². The fraction of sp³-hybridized carbons (Fsp3) is 0.148. The Labute approximate surface area is 202 Å². The second kappa shape index (κ2) is 8.62. The van der Waals surface area contributed by atoms with E-state index in [0.29, 0.717) is 32.9 Å². The number of aryl methyl sites for hydroxylation is 1. The molecular weight excluding hydrogens is 457 g/mol. The number of Topliss-reactive ketones (excluding diaryl/α,β-unsaturated/α-hetero) is 1. The molecule has 6 heteroatoms. The van der Waals surface area contributed by atoms with Gasteiger partial charge in [-0.05, 0) is 50.3 Å². The summed E-state index contributed by atoms with van der Waals surface area (Å²) in [5, 5.41) is 2.20. The lowest BCUT2D eigenvalue weighted by molar-refractivity contribution is 0.101. The summed E-state index contributed by atoms with van der Waals surface area (Å²) in [6.07, 6.45) is 3.87. The lowest BCUT2D eigenvalue weighted by Crippen LogP contribution is -1.99. The molecule has 0 spiro atoms. The highest BCUT2D eigenvalue weighted by molar-refractivity contribution is 6.35. The summed E-state index contributed by atoms with van der Waals surface area (Å²) in [5.74, 6) is 1.35. The van der Waals surface area contributed by atoms with Gasteiger partial charge in [-0.25, -0.2) is 0 Å². The molecule has 0 N–H and O–H groups in total. The highest BCUT2D eigenvalue weighted by atomic mass is 35.5. The summed E-state index contributed by atoms with van der Waals surface area (Å²) in [7, 11) is 0. The third-order valence-electron chi connectivity index (χ3n) is 5.88. The number of hydrogen-bond donors (Lipinski definition) is 0. The van der Waals surface area contributed by atoms with Crippen molar-refractivity contribution < 1.29 is 14.3 Å². The van der Waals surface area contributed by atoms with Crippen molar-refractivity contribution in [2.75, 3.05) is 0 Å². The molecule has 0 aliphatic carbocycles. The second-order valence-corrected chi connectivity index (χ2v) is 8.76. The van der Waals surface area contributed by atoms with Gasteiger partial charge in [-0.1, -0.05) is 47.5 Å². The first kappa shape index (κ1) is 21.6. The van der Waals surface area contributed by atoms with Crippen LogP contribution in [0.25, 0.3) is 17.0 Å². The van der Waals surface area contributed by atoms with Crippen LogP contribution in [0.2, 0.25) is 10.0 Å². The normalized spacial score (nSPS) is 14.1. The van der Waals surface area contributed by atoms with E-state index in [0.717, 1.165) is 34.1 Å². The third-order valence-corrected chi connectivity index (χ3v) is 6.47. The molecule has 0 saturated carbocycles. The number of aromatic nitrogens is 1. The van der Waals surface area contributed by atoms with Crippen molar-refractivity contribution in [1.82, 2.24) is 4.57 Å². The zero-order chi connectivity index (χ0) is 23.1. The van der Waals surface area contributed by atoms with E-state index in [1.807, 2.05) is 31.2 Å². The number of ether oxygens (including phenoxy) is 2. The van der Waals surface area contributed by atoms with Crippen molar-refractivity contribution in [1.29, 1.82) is 0 Å². The molecule has 3 aromatic carbocycles. The topological polar surface area (TPSA) is 40.5 Å². The Balaban J connectivity index is 1.44. The Hall–Kier alpha value is -3.21. The molecular formula is C27H21Cl2NO3. The van der Waals surface area contributed by atoms with Crippen LogP contribution in [0, 0.1) is 6.92 Å². The first-order chi connectivity index (χ1) is 16.0. The minimum atomic E-state index is -0.131. The van der Waals surface area contributed by atoms with Crippen LogP contribution in [0.4, 0.5) is 0 Å². The number of benzene rings is 3. The SMILES string of the molecule is CCn1cc(/C=C2/Oc3c(ccc(OCc4ccc(Cl)cc4Cl)c3C)C2=O)c2ccccc21. The Morgan fingerprint density at radius 1 is 1.09 bits per heavy atom. The van der Waals surface area contributed by atoms with Gasteiger partial charge in [0, 0.05) is 50.4 Å². The van der Waals surface area contributed by atoms with Crippen LogP contribution < -0.4 is 9.47 Å². The van der Waals surface area contributed by atoms with E-state index < -0.39 is 0 Å². The van der Waals surface area contributed by atoms with E-state index >= 15 is 0 Å². The van der Waals surface area contributed by atoms with Crippen LogP contribution in [0.1, 0.15) is 34.0 Å². The van der Waals surface area contributed by atoms with E-state index in [-0.39, 0.29) is 12.4 Å². The Kier molecular flexibility index (Phi) is 5.65. The van der Waals surface area contributed by atoms with Gasteiger partial charge >= 0.3 is 0 Å². The fourth-order valence-corrected chi connectivity index (χ4v) is 4.57. The molecule has 0 atom stereocenters. The monoisotopic (exact) mass is 477 g/mol. The van der Waals surface area contributed by atoms with Crippen LogP contribution >= 0.6 is 23.2 Å². The lowest BCUT2D eigenvalue weighted by atomic mass is 10.1. The van der Waals surface area contributed by atoms with E-state index in [1.54, 1.807) is 24.3 Å². The van der Waals surface area contributed by atoms with Gasteiger partial charge in [0.05, 0.1) is 5.56 Å². The summed E-state index contributed by atoms with van der Waals surface area (Å²) >= 11 is 12.2. The van der Waals surface area contributed by atoms with Crippen molar-refractivity contribution in [2.45, 2.75) is 27.0 Å². The maximum Gasteiger partial charge on any atom is 0.231 e. The van der Waals surface area contributed by atoms with Crippen LogP contribution in [0.5, 0.6) is 11.5 Å². The average Bonchev–Trinajstić information content (AvgIpc) is 3.33. The first-order valence-corrected chi connectivity index (χ1v) is 11.4. The molecule has 4 nitrogen and oxygen atoms in total. The maximum absolute atomic E-state index is 13.1. The van der Waals surface area contributed by atoms with E-state index in [9.17, 15) is 4.79 Å². The molecule has 1 aliphatic rings. The molecule has 4 aromatic rings. The summed E-state index contributed by atoms with van der Waals surface area (Å²) in [4.78, 5) is 13.1. The summed E-state index contributed by atoms with van der Waals surface area (Å²) in [6.45, 7) is 5.11. The highest BCUT2D eigenvalue weighted by Crippen LogP contribution is 2.40. The van der Waals surface area contributed by atoms with Crippen molar-refractivity contribution in [3.8, 4) is 11.5 Å². The smallest absolute Gasteiger partial charge is 0.231 e. The molecule has 5 rings (SSSR count). The van der Waals surface area contributed by atoms with Gasteiger partial charge in [-0.3, -0.25) is 4.79 Å². The van der Waals surface area contributed by atoms with Gasteiger partial charge in [0.15, 0.2) is 5.76 Å². The zero-order valence-electron chi connectivity index (χ0n) is 18.2.